The number of nitrogens with zero attached hydrogens (tertiary/aromatic N) is 3. The van der Waals surface area contributed by atoms with Gasteiger partial charge in [-0.3, -0.25) is 9.78 Å². The van der Waals surface area contributed by atoms with Gasteiger partial charge in [-0.1, -0.05) is 17.7 Å². The van der Waals surface area contributed by atoms with Gasteiger partial charge in [-0.25, -0.2) is 4.68 Å². The highest BCUT2D eigenvalue weighted by Crippen LogP contribution is 2.22. The topological polar surface area (TPSA) is 80.0 Å². The highest BCUT2D eigenvalue weighted by Gasteiger charge is 2.12. The zero-order valence-electron chi connectivity index (χ0n) is 11.0. The van der Waals surface area contributed by atoms with Gasteiger partial charge in [0.05, 0.1) is 31.1 Å². The molecule has 0 bridgehead atoms. The van der Waals surface area contributed by atoms with Crippen molar-refractivity contribution in [2.24, 2.45) is 0 Å². The molecule has 0 aliphatic rings. The molecule has 7 heteroatoms. The van der Waals surface area contributed by atoms with Crippen LogP contribution in [0.4, 0.5) is 5.69 Å². The molecule has 2 heterocycles. The Bertz CT molecular complexity index is 630. The Morgan fingerprint density at radius 1 is 1.50 bits per heavy atom. The van der Waals surface area contributed by atoms with E-state index in [4.69, 9.17) is 16.7 Å². The molecule has 0 spiro atoms. The Morgan fingerprint density at radius 2 is 2.30 bits per heavy atom. The predicted octanol–water partition coefficient (Wildman–Crippen LogP) is 1.46. The Morgan fingerprint density at radius 3 is 2.95 bits per heavy atom. The van der Waals surface area contributed by atoms with Gasteiger partial charge in [-0.05, 0) is 18.6 Å². The molecule has 2 N–H and O–H groups in total. The van der Waals surface area contributed by atoms with E-state index < -0.39 is 5.56 Å². The van der Waals surface area contributed by atoms with Gasteiger partial charge in [0, 0.05) is 12.4 Å². The third kappa shape index (κ3) is 3.15. The molecule has 2 aromatic heterocycles. The summed E-state index contributed by atoms with van der Waals surface area (Å²) in [5, 5.41) is 16.0. The first-order valence-electron chi connectivity index (χ1n) is 6.16. The molecule has 106 valence electrons. The summed E-state index contributed by atoms with van der Waals surface area (Å²) in [5.41, 5.74) is 1.01. The van der Waals surface area contributed by atoms with Gasteiger partial charge in [-0.2, -0.15) is 5.10 Å². The van der Waals surface area contributed by atoms with E-state index >= 15 is 0 Å². The maximum absolute atomic E-state index is 11.9. The van der Waals surface area contributed by atoms with Crippen LogP contribution < -0.4 is 10.9 Å². The first kappa shape index (κ1) is 14.5. The summed E-state index contributed by atoms with van der Waals surface area (Å²) in [5.74, 6) is 0. The van der Waals surface area contributed by atoms with Crippen molar-refractivity contribution < 1.29 is 5.11 Å². The fraction of sp³-hybridized carbons (Fsp3) is 0.308. The molecule has 0 radical (unpaired) electrons. The minimum atomic E-state index is -0.427. The van der Waals surface area contributed by atoms with Crippen molar-refractivity contribution in [3.8, 4) is 0 Å². The molecule has 0 aliphatic heterocycles. The van der Waals surface area contributed by atoms with Crippen molar-refractivity contribution >= 4 is 17.3 Å². The van der Waals surface area contributed by atoms with Crippen LogP contribution in [-0.2, 0) is 6.54 Å². The fourth-order valence-electron chi connectivity index (χ4n) is 1.77. The van der Waals surface area contributed by atoms with E-state index in [1.165, 1.54) is 6.20 Å². The second-order valence-corrected chi connectivity index (χ2v) is 4.65. The summed E-state index contributed by atoms with van der Waals surface area (Å²) in [4.78, 5) is 15.9. The van der Waals surface area contributed by atoms with Crippen molar-refractivity contribution in [1.29, 1.82) is 0 Å². The Kier molecular flexibility index (Phi) is 4.70. The number of aliphatic hydroxyl groups is 1. The number of pyridine rings is 1. The minimum Gasteiger partial charge on any atom is -0.394 e. The second-order valence-electron chi connectivity index (χ2n) is 4.28. The Hall–Kier alpha value is -1.92. The quantitative estimate of drug-likeness (QED) is 0.872. The predicted molar refractivity (Wildman–Crippen MR) is 76.9 cm³/mol. The van der Waals surface area contributed by atoms with Crippen molar-refractivity contribution in [2.45, 2.75) is 19.5 Å². The summed E-state index contributed by atoms with van der Waals surface area (Å²) >= 11 is 6.03. The average Bonchev–Trinajstić information content (AvgIpc) is 2.48. The van der Waals surface area contributed by atoms with Crippen molar-refractivity contribution in [3.05, 3.63) is 51.7 Å². The van der Waals surface area contributed by atoms with Gasteiger partial charge >= 0.3 is 0 Å². The summed E-state index contributed by atoms with van der Waals surface area (Å²) in [7, 11) is 0. The van der Waals surface area contributed by atoms with E-state index in [1.807, 2.05) is 19.1 Å². The number of hydrogen-bond acceptors (Lipinski definition) is 5. The standard InChI is InChI=1S/C13H15ClN4O2/c1-9(10-3-2-4-15-7-10)17-11-8-16-18(5-6-19)13(20)12(11)14/h2-4,7-9,17,19H,5-6H2,1H3. The molecule has 1 unspecified atom stereocenters. The van der Waals surface area contributed by atoms with Gasteiger partial charge in [-0.15, -0.1) is 0 Å². The first-order chi connectivity index (χ1) is 9.63. The SMILES string of the molecule is CC(Nc1cnn(CCO)c(=O)c1Cl)c1cccnc1. The Labute approximate surface area is 121 Å². The number of aromatic nitrogens is 3. The van der Waals surface area contributed by atoms with Crippen LogP contribution in [0.5, 0.6) is 0 Å². The summed E-state index contributed by atoms with van der Waals surface area (Å²) in [6.45, 7) is 1.89. The Balaban J connectivity index is 2.22. The van der Waals surface area contributed by atoms with Crippen molar-refractivity contribution in [1.82, 2.24) is 14.8 Å². The number of halogens is 1. The van der Waals surface area contributed by atoms with Crippen LogP contribution in [0.2, 0.25) is 5.02 Å². The van der Waals surface area contributed by atoms with E-state index in [0.29, 0.717) is 5.69 Å². The largest absolute Gasteiger partial charge is 0.394 e. The van der Waals surface area contributed by atoms with Crippen LogP contribution in [-0.4, -0.2) is 26.5 Å². The molecule has 6 nitrogen and oxygen atoms in total. The zero-order chi connectivity index (χ0) is 14.5. The van der Waals surface area contributed by atoms with Crippen LogP contribution in [0.3, 0.4) is 0 Å². The lowest BCUT2D eigenvalue weighted by Crippen LogP contribution is -2.26. The monoisotopic (exact) mass is 294 g/mol. The lowest BCUT2D eigenvalue weighted by atomic mass is 10.1. The number of aliphatic hydroxyl groups excluding tert-OH is 1. The maximum atomic E-state index is 11.9. The molecule has 0 saturated carbocycles. The van der Waals surface area contributed by atoms with E-state index in [-0.39, 0.29) is 24.2 Å². The minimum absolute atomic E-state index is 0.0592. The maximum Gasteiger partial charge on any atom is 0.287 e. The lowest BCUT2D eigenvalue weighted by Gasteiger charge is -2.16. The highest BCUT2D eigenvalue weighted by molar-refractivity contribution is 6.32. The molecule has 0 saturated heterocycles. The van der Waals surface area contributed by atoms with Gasteiger partial charge in [0.25, 0.3) is 5.56 Å². The van der Waals surface area contributed by atoms with E-state index in [0.717, 1.165) is 10.2 Å². The normalized spacial score (nSPS) is 12.2. The molecule has 2 aromatic rings. The molecule has 0 aliphatic carbocycles. The number of rotatable bonds is 5. The smallest absolute Gasteiger partial charge is 0.287 e. The molecule has 0 fully saturated rings. The van der Waals surface area contributed by atoms with Crippen LogP contribution in [0.25, 0.3) is 0 Å². The van der Waals surface area contributed by atoms with Gasteiger partial charge in [0.15, 0.2) is 0 Å². The van der Waals surface area contributed by atoms with E-state index in [9.17, 15) is 4.79 Å². The average molecular weight is 295 g/mol. The second kappa shape index (κ2) is 6.49. The third-order valence-corrected chi connectivity index (χ3v) is 3.22. The van der Waals surface area contributed by atoms with Crippen molar-refractivity contribution in [3.63, 3.8) is 0 Å². The molecular weight excluding hydrogens is 280 g/mol. The molecular formula is C13H15ClN4O2. The number of nitrogens with one attached hydrogen (secondary N) is 1. The molecule has 1 atom stereocenters. The van der Waals surface area contributed by atoms with E-state index in [2.05, 4.69) is 15.4 Å². The van der Waals surface area contributed by atoms with Crippen LogP contribution in [0.1, 0.15) is 18.5 Å². The molecule has 0 amide bonds. The summed E-state index contributed by atoms with van der Waals surface area (Å²) in [6, 6.07) is 3.71. The van der Waals surface area contributed by atoms with Gasteiger partial charge in [0.2, 0.25) is 0 Å². The van der Waals surface area contributed by atoms with Gasteiger partial charge < -0.3 is 10.4 Å². The first-order valence-corrected chi connectivity index (χ1v) is 6.54. The fourth-order valence-corrected chi connectivity index (χ4v) is 1.97. The lowest BCUT2D eigenvalue weighted by molar-refractivity contribution is 0.266. The summed E-state index contributed by atoms with van der Waals surface area (Å²) < 4.78 is 1.13. The van der Waals surface area contributed by atoms with Gasteiger partial charge in [0.1, 0.15) is 5.02 Å². The zero-order valence-corrected chi connectivity index (χ0v) is 11.7. The van der Waals surface area contributed by atoms with Crippen LogP contribution >= 0.6 is 11.6 Å². The molecule has 20 heavy (non-hydrogen) atoms. The molecule has 0 aromatic carbocycles. The number of hydrogen-bond donors (Lipinski definition) is 2. The van der Waals surface area contributed by atoms with Crippen molar-refractivity contribution in [2.75, 3.05) is 11.9 Å². The number of anilines is 1. The third-order valence-electron chi connectivity index (χ3n) is 2.85. The van der Waals surface area contributed by atoms with E-state index in [1.54, 1.807) is 12.4 Å². The summed E-state index contributed by atoms with van der Waals surface area (Å²) in [6.07, 6.45) is 4.92. The van der Waals surface area contributed by atoms with Crippen LogP contribution in [0, 0.1) is 0 Å². The van der Waals surface area contributed by atoms with Crippen LogP contribution in [0.15, 0.2) is 35.5 Å². The highest BCUT2D eigenvalue weighted by atomic mass is 35.5. The molecule has 2 rings (SSSR count).